The van der Waals surface area contributed by atoms with Crippen molar-refractivity contribution in [2.45, 2.75) is 42.4 Å². The van der Waals surface area contributed by atoms with E-state index < -0.39 is 51.1 Å². The minimum atomic E-state index is -2.07. The van der Waals surface area contributed by atoms with Gasteiger partial charge in [0.2, 0.25) is 11.8 Å². The van der Waals surface area contributed by atoms with Crippen LogP contribution in [-0.4, -0.2) is 49.9 Å². The lowest BCUT2D eigenvalue weighted by Gasteiger charge is -2.50. The number of anilines is 1. The molecule has 202 valence electrons. The van der Waals surface area contributed by atoms with Gasteiger partial charge in [0.15, 0.2) is 9.75 Å². The Morgan fingerprint density at radius 3 is 2.36 bits per heavy atom. The van der Waals surface area contributed by atoms with Crippen molar-refractivity contribution >= 4 is 52.5 Å². The molecule has 7 nitrogen and oxygen atoms in total. The van der Waals surface area contributed by atoms with Crippen LogP contribution < -0.4 is 4.90 Å². The third kappa shape index (κ3) is 3.21. The smallest absolute Gasteiger partial charge is 0.258 e. The van der Waals surface area contributed by atoms with E-state index in [4.69, 9.17) is 23.2 Å². The number of hydrogen-bond donors (Lipinski definition) is 1. The average molecular weight is 571 g/mol. The van der Waals surface area contributed by atoms with Crippen molar-refractivity contribution < 1.29 is 28.7 Å². The molecule has 6 rings (SSSR count). The van der Waals surface area contributed by atoms with Gasteiger partial charge >= 0.3 is 0 Å². The molecule has 0 spiro atoms. The molecule has 2 saturated heterocycles. The van der Waals surface area contributed by atoms with E-state index in [0.29, 0.717) is 16.7 Å². The van der Waals surface area contributed by atoms with Crippen LogP contribution in [0, 0.1) is 30.5 Å². The van der Waals surface area contributed by atoms with Crippen LogP contribution in [0.5, 0.6) is 5.75 Å². The summed E-state index contributed by atoms with van der Waals surface area (Å²) in [4.78, 5) is 52.9. The van der Waals surface area contributed by atoms with Crippen molar-refractivity contribution in [2.24, 2.45) is 17.8 Å². The number of aromatic hydroxyl groups is 1. The van der Waals surface area contributed by atoms with Crippen molar-refractivity contribution in [1.29, 1.82) is 0 Å². The van der Waals surface area contributed by atoms with Crippen LogP contribution in [0.15, 0.2) is 54.1 Å². The van der Waals surface area contributed by atoms with Crippen LogP contribution in [0.4, 0.5) is 10.1 Å². The number of imide groups is 2. The van der Waals surface area contributed by atoms with Crippen molar-refractivity contribution in [3.63, 3.8) is 0 Å². The number of aryl methyl sites for hydroxylation is 1. The monoisotopic (exact) mass is 570 g/mol. The Bertz CT molecular complexity index is 1490. The second kappa shape index (κ2) is 8.63. The molecule has 2 heterocycles. The number of amides is 4. The van der Waals surface area contributed by atoms with E-state index in [9.17, 15) is 28.7 Å². The van der Waals surface area contributed by atoms with Crippen LogP contribution in [0.25, 0.3) is 0 Å². The minimum absolute atomic E-state index is 0.102. The van der Waals surface area contributed by atoms with Crippen LogP contribution in [0.1, 0.15) is 36.8 Å². The van der Waals surface area contributed by atoms with Gasteiger partial charge < -0.3 is 5.11 Å². The van der Waals surface area contributed by atoms with Crippen LogP contribution in [0.3, 0.4) is 0 Å². The van der Waals surface area contributed by atoms with Crippen LogP contribution in [-0.2, 0) is 19.2 Å². The molecule has 2 aromatic carbocycles. The van der Waals surface area contributed by atoms with Crippen molar-refractivity contribution in [2.75, 3.05) is 11.4 Å². The molecular formula is C29H25Cl2FN2O5. The largest absolute Gasteiger partial charge is 0.507 e. The Morgan fingerprint density at radius 2 is 1.69 bits per heavy atom. The van der Waals surface area contributed by atoms with Gasteiger partial charge in [0.05, 0.1) is 17.5 Å². The lowest BCUT2D eigenvalue weighted by atomic mass is 9.56. The van der Waals surface area contributed by atoms with Gasteiger partial charge in [-0.15, -0.1) is 23.2 Å². The lowest BCUT2D eigenvalue weighted by Crippen LogP contribution is -2.60. The number of benzene rings is 2. The Kier molecular flexibility index (Phi) is 5.76. The normalized spacial score (nSPS) is 33.7. The van der Waals surface area contributed by atoms with Gasteiger partial charge in [0.25, 0.3) is 11.8 Å². The number of fused-ring (bicyclic) bond motifs is 4. The first-order valence-corrected chi connectivity index (χ1v) is 13.6. The zero-order chi connectivity index (χ0) is 28.0. The highest BCUT2D eigenvalue weighted by atomic mass is 35.5. The maximum absolute atomic E-state index is 14.2. The number of hydrogen-bond acceptors (Lipinski definition) is 5. The second-order valence-corrected chi connectivity index (χ2v) is 11.9. The highest BCUT2D eigenvalue weighted by Gasteiger charge is 2.76. The van der Waals surface area contributed by atoms with E-state index >= 15 is 0 Å². The van der Waals surface area contributed by atoms with E-state index in [-0.39, 0.29) is 42.6 Å². The summed E-state index contributed by atoms with van der Waals surface area (Å²) in [5.74, 6) is -5.98. The fourth-order valence-corrected chi connectivity index (χ4v) is 7.96. The van der Waals surface area contributed by atoms with Gasteiger partial charge in [-0.1, -0.05) is 29.8 Å². The molecule has 1 saturated carbocycles. The number of phenols is 1. The number of nitrogens with zero attached hydrogens (tertiary/aromatic N) is 2. The SMILES string of the molecule is CCN1C(=O)[C@H]2[C@H](CC=C3[C@H]2C[C@@]2(Cl)C(=O)N(c4ccc(F)cc4)C(=O)[C@@]2(Cl)[C@H]3c2cccc(C)c2O)C1=O. The van der Waals surface area contributed by atoms with E-state index in [1.807, 2.05) is 6.08 Å². The topological polar surface area (TPSA) is 95.0 Å². The molecule has 0 bridgehead atoms. The summed E-state index contributed by atoms with van der Waals surface area (Å²) in [6.07, 6.45) is 1.92. The van der Waals surface area contributed by atoms with Gasteiger partial charge in [-0.05, 0) is 62.4 Å². The molecule has 0 aromatic heterocycles. The van der Waals surface area contributed by atoms with Gasteiger partial charge in [-0.2, -0.15) is 0 Å². The highest BCUT2D eigenvalue weighted by Crippen LogP contribution is 2.66. The average Bonchev–Trinajstić information content (AvgIpc) is 3.24. The molecular weight excluding hydrogens is 546 g/mol. The quantitative estimate of drug-likeness (QED) is 0.335. The standard InChI is InChI=1S/C29H25Cl2FN2O5/c1-3-33-24(36)18-12-11-17-20(21(18)25(33)37)13-28(30)26(38)34(16-9-7-15(32)8-10-16)27(39)29(28,31)22(17)19-6-4-5-14(2)23(19)35/h4-11,18,20-22,35H,3,12-13H2,1-2H3/t18-,20+,21-,22+,28+,29-/m0/s1. The Hall–Kier alpha value is -3.23. The summed E-state index contributed by atoms with van der Waals surface area (Å²) in [6.45, 7) is 3.64. The summed E-state index contributed by atoms with van der Waals surface area (Å²) >= 11 is 14.5. The highest BCUT2D eigenvalue weighted by molar-refractivity contribution is 6.58. The Morgan fingerprint density at radius 1 is 1.00 bits per heavy atom. The number of likely N-dealkylation sites (tertiary alicyclic amines) is 1. The van der Waals surface area contributed by atoms with Crippen molar-refractivity contribution in [3.8, 4) is 5.75 Å². The first kappa shape index (κ1) is 26.0. The molecule has 1 N–H and O–H groups in total. The molecule has 6 atom stereocenters. The molecule has 0 radical (unpaired) electrons. The predicted molar refractivity (Wildman–Crippen MR) is 142 cm³/mol. The third-order valence-electron chi connectivity index (χ3n) is 8.88. The number of carbonyl (C=O) groups excluding carboxylic acids is 4. The predicted octanol–water partition coefficient (Wildman–Crippen LogP) is 4.42. The van der Waals surface area contributed by atoms with Gasteiger partial charge in [0, 0.05) is 18.0 Å². The number of allylic oxidation sites excluding steroid dienone is 2. The van der Waals surface area contributed by atoms with E-state index in [0.717, 1.165) is 17.0 Å². The molecule has 39 heavy (non-hydrogen) atoms. The molecule has 2 aliphatic carbocycles. The number of phenolic OH excluding ortho intramolecular Hbond substituents is 1. The first-order valence-electron chi connectivity index (χ1n) is 12.8. The molecule has 10 heteroatoms. The summed E-state index contributed by atoms with van der Waals surface area (Å²) < 4.78 is 13.7. The third-order valence-corrected chi connectivity index (χ3v) is 10.3. The van der Waals surface area contributed by atoms with E-state index in [2.05, 4.69) is 0 Å². The number of para-hydroxylation sites is 1. The van der Waals surface area contributed by atoms with Crippen molar-refractivity contribution in [3.05, 3.63) is 71.1 Å². The second-order valence-electron chi connectivity index (χ2n) is 10.7. The van der Waals surface area contributed by atoms with Crippen LogP contribution >= 0.6 is 23.2 Å². The fourth-order valence-electron chi connectivity index (χ4n) is 7.04. The Balaban J connectivity index is 1.59. The van der Waals surface area contributed by atoms with Gasteiger partial charge in [0.1, 0.15) is 11.6 Å². The molecule has 4 aliphatic rings. The number of rotatable bonds is 3. The first-order chi connectivity index (χ1) is 18.5. The molecule has 3 fully saturated rings. The minimum Gasteiger partial charge on any atom is -0.507 e. The van der Waals surface area contributed by atoms with Crippen molar-refractivity contribution in [1.82, 2.24) is 4.90 Å². The summed E-state index contributed by atoms with van der Waals surface area (Å²) in [5.41, 5.74) is 1.54. The maximum Gasteiger partial charge on any atom is 0.258 e. The number of carbonyl (C=O) groups is 4. The number of alkyl halides is 2. The van der Waals surface area contributed by atoms with Gasteiger partial charge in [-0.25, -0.2) is 9.29 Å². The van der Waals surface area contributed by atoms with E-state index in [1.54, 1.807) is 32.0 Å². The Labute approximate surface area is 234 Å². The number of halogens is 3. The van der Waals surface area contributed by atoms with Gasteiger partial charge in [-0.3, -0.25) is 24.1 Å². The molecule has 2 aliphatic heterocycles. The molecule has 2 aromatic rings. The molecule has 0 unspecified atom stereocenters. The maximum atomic E-state index is 14.2. The summed E-state index contributed by atoms with van der Waals surface area (Å²) in [7, 11) is 0. The zero-order valence-electron chi connectivity index (χ0n) is 21.2. The zero-order valence-corrected chi connectivity index (χ0v) is 22.7. The summed E-state index contributed by atoms with van der Waals surface area (Å²) in [5, 5.41) is 11.2. The van der Waals surface area contributed by atoms with Crippen LogP contribution in [0.2, 0.25) is 0 Å². The lowest BCUT2D eigenvalue weighted by molar-refractivity contribution is -0.140. The fraction of sp³-hybridized carbons (Fsp3) is 0.379. The molecule has 4 amide bonds. The summed E-state index contributed by atoms with van der Waals surface area (Å²) in [6, 6.07) is 9.87. The van der Waals surface area contributed by atoms with E-state index in [1.165, 1.54) is 17.0 Å².